The van der Waals surface area contributed by atoms with Gasteiger partial charge in [0.25, 0.3) is 0 Å². The predicted molar refractivity (Wildman–Crippen MR) is 78.9 cm³/mol. The molecule has 0 spiro atoms. The lowest BCUT2D eigenvalue weighted by Gasteiger charge is -2.09. The molecule has 1 aromatic heterocycles. The van der Waals surface area contributed by atoms with Gasteiger partial charge in [-0.2, -0.15) is 5.10 Å². The highest BCUT2D eigenvalue weighted by molar-refractivity contribution is 5.39. The van der Waals surface area contributed by atoms with Crippen LogP contribution in [0.15, 0.2) is 36.7 Å². The summed E-state index contributed by atoms with van der Waals surface area (Å²) in [5.41, 5.74) is 2.52. The third-order valence-corrected chi connectivity index (χ3v) is 3.61. The van der Waals surface area contributed by atoms with E-state index in [2.05, 4.69) is 42.6 Å². The molecule has 2 heterocycles. The minimum atomic E-state index is 0.400. The molecule has 0 amide bonds. The highest BCUT2D eigenvalue weighted by Gasteiger charge is 2.24. The van der Waals surface area contributed by atoms with E-state index in [1.807, 2.05) is 23.0 Å². The fourth-order valence-corrected chi connectivity index (χ4v) is 2.53. The third kappa shape index (κ3) is 2.85. The van der Waals surface area contributed by atoms with Crippen molar-refractivity contribution in [2.45, 2.75) is 38.9 Å². The zero-order valence-electron chi connectivity index (χ0n) is 12.0. The zero-order valence-corrected chi connectivity index (χ0v) is 12.0. The van der Waals surface area contributed by atoms with Crippen molar-refractivity contribution in [2.24, 2.45) is 0 Å². The molecule has 0 radical (unpaired) electrons. The molecule has 0 aliphatic carbocycles. The minimum Gasteiger partial charge on any atom is -0.493 e. The Morgan fingerprint density at radius 2 is 2.25 bits per heavy atom. The van der Waals surface area contributed by atoms with E-state index in [0.29, 0.717) is 12.0 Å². The number of benzene rings is 1. The normalized spacial score (nSPS) is 17.2. The number of hydrogen-bond acceptors (Lipinski definition) is 3. The molecule has 1 aromatic carbocycles. The van der Waals surface area contributed by atoms with Crippen LogP contribution in [0.25, 0.3) is 0 Å². The molecule has 4 nitrogen and oxygen atoms in total. The Labute approximate surface area is 119 Å². The first-order chi connectivity index (χ1) is 9.72. The smallest absolute Gasteiger partial charge is 0.122 e. The van der Waals surface area contributed by atoms with E-state index in [4.69, 9.17) is 4.74 Å². The van der Waals surface area contributed by atoms with Gasteiger partial charge < -0.3 is 10.1 Å². The highest BCUT2D eigenvalue weighted by atomic mass is 16.5. The summed E-state index contributed by atoms with van der Waals surface area (Å²) in [6.07, 6.45) is 4.06. The maximum absolute atomic E-state index is 5.72. The van der Waals surface area contributed by atoms with Crippen molar-refractivity contribution in [1.82, 2.24) is 15.1 Å². The van der Waals surface area contributed by atoms with Crippen molar-refractivity contribution in [3.63, 3.8) is 0 Å². The maximum Gasteiger partial charge on any atom is 0.122 e. The van der Waals surface area contributed by atoms with Crippen LogP contribution in [0.3, 0.4) is 0 Å². The lowest BCUT2D eigenvalue weighted by atomic mass is 10.0. The van der Waals surface area contributed by atoms with Crippen LogP contribution in [0, 0.1) is 0 Å². The average Bonchev–Trinajstić information content (AvgIpc) is 3.05. The fraction of sp³-hybridized carbons (Fsp3) is 0.438. The summed E-state index contributed by atoms with van der Waals surface area (Å²) in [6, 6.07) is 8.77. The Morgan fingerprint density at radius 3 is 3.10 bits per heavy atom. The molecular formula is C16H21N3O. The Kier molecular flexibility index (Phi) is 3.74. The van der Waals surface area contributed by atoms with E-state index in [1.165, 1.54) is 11.1 Å². The Balaban J connectivity index is 1.64. The van der Waals surface area contributed by atoms with Gasteiger partial charge in [0.15, 0.2) is 0 Å². The van der Waals surface area contributed by atoms with Crippen LogP contribution in [0.5, 0.6) is 5.75 Å². The van der Waals surface area contributed by atoms with Crippen LogP contribution in [-0.2, 0) is 13.1 Å². The van der Waals surface area contributed by atoms with Gasteiger partial charge in [-0.15, -0.1) is 0 Å². The van der Waals surface area contributed by atoms with Crippen molar-refractivity contribution in [1.29, 1.82) is 0 Å². The van der Waals surface area contributed by atoms with Gasteiger partial charge in [0.2, 0.25) is 0 Å². The van der Waals surface area contributed by atoms with Crippen LogP contribution in [0.4, 0.5) is 0 Å². The molecule has 0 fully saturated rings. The quantitative estimate of drug-likeness (QED) is 0.908. The number of nitrogens with one attached hydrogen (secondary N) is 1. The second-order valence-corrected chi connectivity index (χ2v) is 5.65. The monoisotopic (exact) mass is 271 g/mol. The van der Waals surface area contributed by atoms with Crippen LogP contribution >= 0.6 is 0 Å². The van der Waals surface area contributed by atoms with Crippen molar-refractivity contribution in [2.75, 3.05) is 6.61 Å². The van der Waals surface area contributed by atoms with Crippen LogP contribution < -0.4 is 10.1 Å². The van der Waals surface area contributed by atoms with E-state index >= 15 is 0 Å². The van der Waals surface area contributed by atoms with Crippen molar-refractivity contribution >= 4 is 0 Å². The maximum atomic E-state index is 5.72. The number of ether oxygens (including phenoxy) is 1. The van der Waals surface area contributed by atoms with Gasteiger partial charge in [0.05, 0.1) is 19.3 Å². The molecule has 1 aliphatic heterocycles. The van der Waals surface area contributed by atoms with Crippen molar-refractivity contribution in [3.8, 4) is 5.75 Å². The third-order valence-electron chi connectivity index (χ3n) is 3.61. The molecule has 0 saturated carbocycles. The first-order valence-electron chi connectivity index (χ1n) is 7.19. The Hall–Kier alpha value is -1.81. The van der Waals surface area contributed by atoms with Gasteiger partial charge in [-0.3, -0.25) is 4.68 Å². The summed E-state index contributed by atoms with van der Waals surface area (Å²) in [6.45, 7) is 6.79. The molecule has 0 bridgehead atoms. The number of nitrogens with zero attached hydrogens (tertiary/aromatic N) is 2. The van der Waals surface area contributed by atoms with E-state index in [0.717, 1.165) is 25.4 Å². The van der Waals surface area contributed by atoms with Gasteiger partial charge >= 0.3 is 0 Å². The minimum absolute atomic E-state index is 0.400. The topological polar surface area (TPSA) is 39.1 Å². The number of hydrogen-bond donors (Lipinski definition) is 1. The molecule has 106 valence electrons. The van der Waals surface area contributed by atoms with E-state index < -0.39 is 0 Å². The first kappa shape index (κ1) is 13.2. The number of aromatic nitrogens is 2. The number of fused-ring (bicyclic) bond motifs is 1. The molecule has 1 atom stereocenters. The lowest BCUT2D eigenvalue weighted by molar-refractivity contribution is 0.315. The molecule has 2 aromatic rings. The first-order valence-corrected chi connectivity index (χ1v) is 7.19. The molecule has 1 aliphatic rings. The molecule has 20 heavy (non-hydrogen) atoms. The highest BCUT2D eigenvalue weighted by Crippen LogP contribution is 2.34. The summed E-state index contributed by atoms with van der Waals surface area (Å²) in [7, 11) is 0. The molecule has 0 saturated heterocycles. The number of para-hydroxylation sites is 1. The van der Waals surface area contributed by atoms with Crippen LogP contribution in [-0.4, -0.2) is 22.4 Å². The van der Waals surface area contributed by atoms with Gasteiger partial charge in [-0.1, -0.05) is 32.0 Å². The van der Waals surface area contributed by atoms with Crippen molar-refractivity contribution < 1.29 is 4.74 Å². The molecule has 1 unspecified atom stereocenters. The second-order valence-electron chi connectivity index (χ2n) is 5.65. The molecule has 1 N–H and O–H groups in total. The van der Waals surface area contributed by atoms with E-state index in [-0.39, 0.29) is 0 Å². The molecular weight excluding hydrogens is 250 g/mol. The summed E-state index contributed by atoms with van der Waals surface area (Å²) in [4.78, 5) is 0. The van der Waals surface area contributed by atoms with Gasteiger partial charge in [-0.25, -0.2) is 0 Å². The summed E-state index contributed by atoms with van der Waals surface area (Å²) in [5, 5.41) is 7.86. The van der Waals surface area contributed by atoms with Gasteiger partial charge in [0.1, 0.15) is 5.75 Å². The molecule has 4 heteroatoms. The largest absolute Gasteiger partial charge is 0.493 e. The summed E-state index contributed by atoms with van der Waals surface area (Å²) < 4.78 is 7.74. The Morgan fingerprint density at radius 1 is 1.40 bits per heavy atom. The standard InChI is InChI=1S/C16H21N3O/c1-12(2)17-7-13-8-18-19(9-13)10-14-11-20-16-6-4-3-5-15(14)16/h3-6,8-9,12,14,17H,7,10-11H2,1-2H3. The van der Waals surface area contributed by atoms with E-state index in [9.17, 15) is 0 Å². The zero-order chi connectivity index (χ0) is 13.9. The average molecular weight is 271 g/mol. The summed E-state index contributed by atoms with van der Waals surface area (Å²) in [5.74, 6) is 1.42. The predicted octanol–water partition coefficient (Wildman–Crippen LogP) is 2.56. The fourth-order valence-electron chi connectivity index (χ4n) is 2.53. The van der Waals surface area contributed by atoms with Gasteiger partial charge in [-0.05, 0) is 6.07 Å². The van der Waals surface area contributed by atoms with Crippen molar-refractivity contribution in [3.05, 3.63) is 47.8 Å². The van der Waals surface area contributed by atoms with Gasteiger partial charge in [0, 0.05) is 35.8 Å². The lowest BCUT2D eigenvalue weighted by Crippen LogP contribution is -2.21. The SMILES string of the molecule is CC(C)NCc1cnn(CC2COc3ccccc32)c1. The van der Waals surface area contributed by atoms with Crippen LogP contribution in [0.2, 0.25) is 0 Å². The van der Waals surface area contributed by atoms with E-state index in [1.54, 1.807) is 0 Å². The van der Waals surface area contributed by atoms with Crippen LogP contribution in [0.1, 0.15) is 30.9 Å². The molecule has 3 rings (SSSR count). The second kappa shape index (κ2) is 5.67. The number of rotatable bonds is 5. The summed E-state index contributed by atoms with van der Waals surface area (Å²) >= 11 is 0. The Bertz CT molecular complexity index is 577.